The molecule has 1 aliphatic rings. The van der Waals surface area contributed by atoms with E-state index in [4.69, 9.17) is 4.74 Å². The average Bonchev–Trinajstić information content (AvgIpc) is 2.96. The second kappa shape index (κ2) is 9.20. The number of amides is 2. The Morgan fingerprint density at radius 2 is 1.90 bits per heavy atom. The smallest absolute Gasteiger partial charge is 0.326 e. The Bertz CT molecular complexity index is 1060. The zero-order chi connectivity index (χ0) is 21.8. The molecule has 0 aliphatic carbocycles. The summed E-state index contributed by atoms with van der Waals surface area (Å²) in [6.45, 7) is 5.33. The van der Waals surface area contributed by atoms with E-state index in [1.165, 1.54) is 6.42 Å². The molecule has 0 saturated heterocycles. The minimum Gasteiger partial charge on any atom is -0.497 e. The van der Waals surface area contributed by atoms with Gasteiger partial charge in [-0.15, -0.1) is 10.2 Å². The number of benzene rings is 2. The van der Waals surface area contributed by atoms with Gasteiger partial charge in [0.15, 0.2) is 5.82 Å². The van der Waals surface area contributed by atoms with Gasteiger partial charge in [0.25, 0.3) is 0 Å². The molecule has 0 fully saturated rings. The number of rotatable bonds is 5. The van der Waals surface area contributed by atoms with E-state index in [2.05, 4.69) is 26.1 Å². The lowest BCUT2D eigenvalue weighted by Gasteiger charge is -2.24. The summed E-state index contributed by atoms with van der Waals surface area (Å²) in [4.78, 5) is 15.2. The maximum Gasteiger partial charge on any atom is 0.326 e. The first-order chi connectivity index (χ1) is 15.0. The number of aromatic nitrogens is 3. The van der Waals surface area contributed by atoms with E-state index in [1.807, 2.05) is 44.2 Å². The molecular weight excluding hydrogens is 390 g/mol. The second-order valence-corrected chi connectivity index (χ2v) is 8.09. The van der Waals surface area contributed by atoms with Gasteiger partial charge in [-0.25, -0.2) is 4.79 Å². The molecule has 2 amide bonds. The van der Waals surface area contributed by atoms with Crippen molar-refractivity contribution in [2.45, 2.75) is 52.6 Å². The van der Waals surface area contributed by atoms with Crippen molar-refractivity contribution < 1.29 is 9.53 Å². The number of nitrogens with zero attached hydrogens (tertiary/aromatic N) is 4. The topological polar surface area (TPSA) is 72.3 Å². The molecule has 4 rings (SSSR count). The minimum atomic E-state index is -0.218. The fourth-order valence-electron chi connectivity index (χ4n) is 4.08. The molecule has 1 N–H and O–H groups in total. The van der Waals surface area contributed by atoms with Crippen molar-refractivity contribution in [3.63, 3.8) is 0 Å². The second-order valence-electron chi connectivity index (χ2n) is 8.09. The lowest BCUT2D eigenvalue weighted by molar-refractivity contribution is 0.256. The molecule has 162 valence electrons. The summed E-state index contributed by atoms with van der Waals surface area (Å²) in [7, 11) is 1.61. The molecule has 0 bridgehead atoms. The first kappa shape index (κ1) is 20.9. The quantitative estimate of drug-likeness (QED) is 0.640. The van der Waals surface area contributed by atoms with Crippen molar-refractivity contribution in [3.05, 3.63) is 65.2 Å². The molecule has 0 saturated carbocycles. The molecule has 2 heterocycles. The van der Waals surface area contributed by atoms with Crippen LogP contribution in [0, 0.1) is 13.8 Å². The Labute approximate surface area is 183 Å². The Kier molecular flexibility index (Phi) is 6.21. The van der Waals surface area contributed by atoms with Gasteiger partial charge in [0.1, 0.15) is 11.6 Å². The number of carbonyl (C=O) groups excluding carboxylic acids is 1. The van der Waals surface area contributed by atoms with Crippen LogP contribution in [0.1, 0.15) is 42.0 Å². The van der Waals surface area contributed by atoms with Crippen molar-refractivity contribution >= 4 is 17.4 Å². The van der Waals surface area contributed by atoms with Crippen LogP contribution in [0.5, 0.6) is 5.75 Å². The van der Waals surface area contributed by atoms with Gasteiger partial charge in [-0.2, -0.15) is 0 Å². The van der Waals surface area contributed by atoms with Crippen LogP contribution in [-0.2, 0) is 19.5 Å². The molecule has 0 unspecified atom stereocenters. The standard InChI is InChI=1S/C24H29N5O2/c1-17-12-18(2)14-20(13-17)29(24(30)25-19-8-7-9-21(15-19)31-3)16-23-27-26-22-10-5-4-6-11-28(22)23/h7-9,12-15H,4-6,10-11,16H2,1-3H3,(H,25,30). The van der Waals surface area contributed by atoms with Gasteiger partial charge >= 0.3 is 6.03 Å². The zero-order valence-electron chi connectivity index (χ0n) is 18.4. The van der Waals surface area contributed by atoms with Gasteiger partial charge in [0, 0.05) is 30.4 Å². The summed E-state index contributed by atoms with van der Waals surface area (Å²) in [5.74, 6) is 2.52. The number of hydrogen-bond donors (Lipinski definition) is 1. The third-order valence-corrected chi connectivity index (χ3v) is 5.57. The number of methoxy groups -OCH3 is 1. The van der Waals surface area contributed by atoms with Gasteiger partial charge in [-0.1, -0.05) is 18.6 Å². The van der Waals surface area contributed by atoms with E-state index in [1.54, 1.807) is 18.1 Å². The van der Waals surface area contributed by atoms with Crippen LogP contribution in [0.2, 0.25) is 0 Å². The lowest BCUT2D eigenvalue weighted by atomic mass is 10.1. The van der Waals surface area contributed by atoms with E-state index in [0.717, 1.165) is 54.3 Å². The number of carbonyl (C=O) groups is 1. The summed E-state index contributed by atoms with van der Waals surface area (Å²) in [6, 6.07) is 13.3. The highest BCUT2D eigenvalue weighted by Crippen LogP contribution is 2.24. The minimum absolute atomic E-state index is 0.218. The first-order valence-electron chi connectivity index (χ1n) is 10.8. The zero-order valence-corrected chi connectivity index (χ0v) is 18.4. The number of hydrogen-bond acceptors (Lipinski definition) is 4. The van der Waals surface area contributed by atoms with Gasteiger partial charge in [-0.3, -0.25) is 4.90 Å². The van der Waals surface area contributed by atoms with E-state index in [0.29, 0.717) is 18.0 Å². The predicted molar refractivity (Wildman–Crippen MR) is 122 cm³/mol. The third-order valence-electron chi connectivity index (χ3n) is 5.57. The van der Waals surface area contributed by atoms with E-state index in [-0.39, 0.29) is 6.03 Å². The molecule has 0 atom stereocenters. The molecule has 7 nitrogen and oxygen atoms in total. The number of aryl methyl sites for hydroxylation is 3. The number of fused-ring (bicyclic) bond motifs is 1. The van der Waals surface area contributed by atoms with Gasteiger partial charge in [-0.05, 0) is 62.1 Å². The Morgan fingerprint density at radius 3 is 2.68 bits per heavy atom. The van der Waals surface area contributed by atoms with Crippen LogP contribution in [-0.4, -0.2) is 27.9 Å². The van der Waals surface area contributed by atoms with Gasteiger partial charge < -0.3 is 14.6 Å². The van der Waals surface area contributed by atoms with E-state index < -0.39 is 0 Å². The Hall–Kier alpha value is -3.35. The normalized spacial score (nSPS) is 13.3. The number of ether oxygens (including phenoxy) is 1. The summed E-state index contributed by atoms with van der Waals surface area (Å²) in [5, 5.41) is 11.8. The van der Waals surface area contributed by atoms with Crippen LogP contribution in [0.25, 0.3) is 0 Å². The highest BCUT2D eigenvalue weighted by atomic mass is 16.5. The van der Waals surface area contributed by atoms with Crippen LogP contribution in [0.15, 0.2) is 42.5 Å². The number of anilines is 2. The highest BCUT2D eigenvalue weighted by Gasteiger charge is 2.22. The third kappa shape index (κ3) is 4.87. The maximum absolute atomic E-state index is 13.4. The Balaban J connectivity index is 1.66. The monoisotopic (exact) mass is 419 g/mol. The van der Waals surface area contributed by atoms with Crippen LogP contribution in [0.3, 0.4) is 0 Å². The molecule has 31 heavy (non-hydrogen) atoms. The van der Waals surface area contributed by atoms with Crippen molar-refractivity contribution in [2.75, 3.05) is 17.3 Å². The van der Waals surface area contributed by atoms with Crippen molar-refractivity contribution in [2.24, 2.45) is 0 Å². The van der Waals surface area contributed by atoms with Crippen molar-refractivity contribution in [1.82, 2.24) is 14.8 Å². The van der Waals surface area contributed by atoms with Crippen molar-refractivity contribution in [3.8, 4) is 5.75 Å². The fraction of sp³-hybridized carbons (Fsp3) is 0.375. The summed E-state index contributed by atoms with van der Waals surface area (Å²) < 4.78 is 7.47. The summed E-state index contributed by atoms with van der Waals surface area (Å²) in [6.07, 6.45) is 4.37. The summed E-state index contributed by atoms with van der Waals surface area (Å²) >= 11 is 0. The molecule has 3 aromatic rings. The average molecular weight is 420 g/mol. The fourth-order valence-corrected chi connectivity index (χ4v) is 4.08. The van der Waals surface area contributed by atoms with Crippen LogP contribution >= 0.6 is 0 Å². The lowest BCUT2D eigenvalue weighted by Crippen LogP contribution is -2.35. The number of urea groups is 1. The predicted octanol–water partition coefficient (Wildman–Crippen LogP) is 4.87. The highest BCUT2D eigenvalue weighted by molar-refractivity contribution is 6.01. The number of nitrogens with one attached hydrogen (secondary N) is 1. The first-order valence-corrected chi connectivity index (χ1v) is 10.8. The molecule has 7 heteroatoms. The largest absolute Gasteiger partial charge is 0.497 e. The van der Waals surface area contributed by atoms with Crippen molar-refractivity contribution in [1.29, 1.82) is 0 Å². The maximum atomic E-state index is 13.4. The SMILES string of the molecule is COc1cccc(NC(=O)N(Cc2nnc3n2CCCCC3)c2cc(C)cc(C)c2)c1. The van der Waals surface area contributed by atoms with E-state index >= 15 is 0 Å². The molecule has 1 aliphatic heterocycles. The molecule has 2 aromatic carbocycles. The van der Waals surface area contributed by atoms with Gasteiger partial charge in [0.2, 0.25) is 0 Å². The van der Waals surface area contributed by atoms with Crippen LogP contribution < -0.4 is 15.0 Å². The Morgan fingerprint density at radius 1 is 1.10 bits per heavy atom. The summed E-state index contributed by atoms with van der Waals surface area (Å²) in [5.41, 5.74) is 3.73. The molecule has 1 aromatic heterocycles. The molecule has 0 spiro atoms. The molecular formula is C24H29N5O2. The van der Waals surface area contributed by atoms with E-state index in [9.17, 15) is 4.79 Å². The van der Waals surface area contributed by atoms with Crippen LogP contribution in [0.4, 0.5) is 16.2 Å². The van der Waals surface area contributed by atoms with Gasteiger partial charge in [0.05, 0.1) is 13.7 Å². The molecule has 0 radical (unpaired) electrons.